The summed E-state index contributed by atoms with van der Waals surface area (Å²) in [5, 5.41) is 5.57. The quantitative estimate of drug-likeness (QED) is 0.909. The van der Waals surface area contributed by atoms with E-state index in [0.717, 1.165) is 11.4 Å². The minimum Gasteiger partial charge on any atom is -0.377 e. The molecular formula is C14H19N3S. The molecule has 2 aromatic rings. The Labute approximate surface area is 112 Å². The number of aryl methyl sites for hydroxylation is 1. The van der Waals surface area contributed by atoms with Gasteiger partial charge >= 0.3 is 0 Å². The largest absolute Gasteiger partial charge is 0.377 e. The number of hydrogen-bond acceptors (Lipinski definition) is 4. The van der Waals surface area contributed by atoms with Crippen LogP contribution in [0.15, 0.2) is 29.1 Å². The summed E-state index contributed by atoms with van der Waals surface area (Å²) in [5.74, 6) is 0. The molecule has 96 valence electrons. The average molecular weight is 261 g/mol. The van der Waals surface area contributed by atoms with Crippen molar-refractivity contribution in [2.24, 2.45) is 0 Å². The van der Waals surface area contributed by atoms with Crippen molar-refractivity contribution in [2.45, 2.75) is 19.9 Å². The highest BCUT2D eigenvalue weighted by Gasteiger charge is 2.08. The van der Waals surface area contributed by atoms with Crippen molar-refractivity contribution in [1.82, 2.24) is 4.98 Å². The third-order valence-electron chi connectivity index (χ3n) is 2.97. The Morgan fingerprint density at radius 3 is 2.72 bits per heavy atom. The summed E-state index contributed by atoms with van der Waals surface area (Å²) in [6, 6.07) is 6.67. The van der Waals surface area contributed by atoms with Crippen LogP contribution in [0, 0.1) is 6.92 Å². The minimum absolute atomic E-state index is 0.231. The minimum atomic E-state index is 0.231. The van der Waals surface area contributed by atoms with Gasteiger partial charge in [0, 0.05) is 30.9 Å². The number of rotatable bonds is 4. The van der Waals surface area contributed by atoms with E-state index in [-0.39, 0.29) is 6.04 Å². The SMILES string of the molecule is Cc1ccc(NC(C)c2cscn2)cc1N(C)C. The number of nitrogens with one attached hydrogen (secondary N) is 1. The first-order chi connectivity index (χ1) is 8.58. The Morgan fingerprint density at radius 2 is 2.11 bits per heavy atom. The fourth-order valence-electron chi connectivity index (χ4n) is 1.94. The molecule has 0 saturated carbocycles. The van der Waals surface area contributed by atoms with E-state index in [1.807, 2.05) is 5.51 Å². The molecule has 0 bridgehead atoms. The zero-order valence-corrected chi connectivity index (χ0v) is 12.1. The Balaban J connectivity index is 2.17. The van der Waals surface area contributed by atoms with Crippen LogP contribution in [0.1, 0.15) is 24.2 Å². The highest BCUT2D eigenvalue weighted by molar-refractivity contribution is 7.07. The molecule has 0 aliphatic carbocycles. The van der Waals surface area contributed by atoms with Crippen LogP contribution in [0.4, 0.5) is 11.4 Å². The van der Waals surface area contributed by atoms with E-state index in [0.29, 0.717) is 0 Å². The maximum absolute atomic E-state index is 4.33. The van der Waals surface area contributed by atoms with Gasteiger partial charge in [0.05, 0.1) is 17.2 Å². The number of thiazole rings is 1. The Morgan fingerprint density at radius 1 is 1.33 bits per heavy atom. The van der Waals surface area contributed by atoms with E-state index < -0.39 is 0 Å². The van der Waals surface area contributed by atoms with Gasteiger partial charge in [-0.15, -0.1) is 11.3 Å². The Hall–Kier alpha value is -1.55. The first kappa shape index (κ1) is 12.9. The molecule has 1 heterocycles. The second-order valence-corrected chi connectivity index (χ2v) is 5.39. The van der Waals surface area contributed by atoms with Gasteiger partial charge in [-0.2, -0.15) is 0 Å². The van der Waals surface area contributed by atoms with Crippen molar-refractivity contribution >= 4 is 22.7 Å². The van der Waals surface area contributed by atoms with Gasteiger partial charge in [-0.25, -0.2) is 4.98 Å². The lowest BCUT2D eigenvalue weighted by molar-refractivity contribution is 0.850. The summed E-state index contributed by atoms with van der Waals surface area (Å²) >= 11 is 1.63. The fraction of sp³-hybridized carbons (Fsp3) is 0.357. The normalized spacial score (nSPS) is 12.2. The highest BCUT2D eigenvalue weighted by atomic mass is 32.1. The molecule has 18 heavy (non-hydrogen) atoms. The maximum Gasteiger partial charge on any atom is 0.0795 e. The van der Waals surface area contributed by atoms with Crippen LogP contribution < -0.4 is 10.2 Å². The van der Waals surface area contributed by atoms with Gasteiger partial charge in [0.1, 0.15) is 0 Å². The lowest BCUT2D eigenvalue weighted by Crippen LogP contribution is -2.12. The van der Waals surface area contributed by atoms with Crippen molar-refractivity contribution in [3.8, 4) is 0 Å². The second kappa shape index (κ2) is 5.40. The van der Waals surface area contributed by atoms with Crippen LogP contribution in [0.25, 0.3) is 0 Å². The second-order valence-electron chi connectivity index (χ2n) is 4.68. The van der Waals surface area contributed by atoms with Gasteiger partial charge in [-0.1, -0.05) is 6.07 Å². The summed E-state index contributed by atoms with van der Waals surface area (Å²) in [5.41, 5.74) is 6.61. The van der Waals surface area contributed by atoms with Crippen LogP contribution in [0.3, 0.4) is 0 Å². The average Bonchev–Trinajstić information content (AvgIpc) is 2.85. The van der Waals surface area contributed by atoms with Crippen LogP contribution in [0.2, 0.25) is 0 Å². The molecule has 0 amide bonds. The highest BCUT2D eigenvalue weighted by Crippen LogP contribution is 2.25. The molecule has 1 atom stereocenters. The van der Waals surface area contributed by atoms with E-state index in [1.54, 1.807) is 11.3 Å². The van der Waals surface area contributed by atoms with Crippen molar-refractivity contribution < 1.29 is 0 Å². The van der Waals surface area contributed by atoms with E-state index in [2.05, 4.69) is 66.7 Å². The zero-order valence-electron chi connectivity index (χ0n) is 11.3. The van der Waals surface area contributed by atoms with Crippen molar-refractivity contribution in [2.75, 3.05) is 24.3 Å². The molecule has 1 aromatic heterocycles. The van der Waals surface area contributed by atoms with Gasteiger partial charge in [0.15, 0.2) is 0 Å². The van der Waals surface area contributed by atoms with Gasteiger partial charge in [0.2, 0.25) is 0 Å². The van der Waals surface area contributed by atoms with E-state index in [9.17, 15) is 0 Å². The predicted molar refractivity (Wildman–Crippen MR) is 79.7 cm³/mol. The Bertz CT molecular complexity index is 506. The number of benzene rings is 1. The molecule has 4 heteroatoms. The Kier molecular flexibility index (Phi) is 3.87. The lowest BCUT2D eigenvalue weighted by atomic mass is 10.1. The van der Waals surface area contributed by atoms with Crippen LogP contribution in [-0.2, 0) is 0 Å². The van der Waals surface area contributed by atoms with Gasteiger partial charge in [-0.05, 0) is 31.5 Å². The molecule has 0 saturated heterocycles. The van der Waals surface area contributed by atoms with E-state index in [4.69, 9.17) is 0 Å². The maximum atomic E-state index is 4.33. The van der Waals surface area contributed by atoms with E-state index in [1.165, 1.54) is 11.3 Å². The molecule has 1 aromatic carbocycles. The standard InChI is InChI=1S/C14H19N3S/c1-10-5-6-12(7-14(10)17(3)4)16-11(2)13-8-18-9-15-13/h5-9,11,16H,1-4H3. The monoisotopic (exact) mass is 261 g/mol. The first-order valence-corrected chi connectivity index (χ1v) is 6.95. The summed E-state index contributed by atoms with van der Waals surface area (Å²) in [6.07, 6.45) is 0. The summed E-state index contributed by atoms with van der Waals surface area (Å²) < 4.78 is 0. The van der Waals surface area contributed by atoms with Crippen molar-refractivity contribution in [3.05, 3.63) is 40.3 Å². The third kappa shape index (κ3) is 2.82. The fourth-order valence-corrected chi connectivity index (χ4v) is 2.59. The third-order valence-corrected chi connectivity index (χ3v) is 3.57. The smallest absolute Gasteiger partial charge is 0.0795 e. The molecule has 0 aliphatic rings. The molecule has 0 radical (unpaired) electrons. The lowest BCUT2D eigenvalue weighted by Gasteiger charge is -2.19. The van der Waals surface area contributed by atoms with Gasteiger partial charge < -0.3 is 10.2 Å². The van der Waals surface area contributed by atoms with Crippen LogP contribution in [0.5, 0.6) is 0 Å². The topological polar surface area (TPSA) is 28.2 Å². The van der Waals surface area contributed by atoms with Crippen LogP contribution >= 0.6 is 11.3 Å². The first-order valence-electron chi connectivity index (χ1n) is 6.00. The molecule has 2 rings (SSSR count). The van der Waals surface area contributed by atoms with Gasteiger partial charge in [-0.3, -0.25) is 0 Å². The van der Waals surface area contributed by atoms with Crippen molar-refractivity contribution in [1.29, 1.82) is 0 Å². The van der Waals surface area contributed by atoms with Crippen molar-refractivity contribution in [3.63, 3.8) is 0 Å². The number of nitrogens with zero attached hydrogens (tertiary/aromatic N) is 2. The molecule has 0 spiro atoms. The van der Waals surface area contributed by atoms with Gasteiger partial charge in [0.25, 0.3) is 0 Å². The number of anilines is 2. The molecule has 0 aliphatic heterocycles. The molecule has 3 nitrogen and oxygen atoms in total. The molecule has 1 unspecified atom stereocenters. The molecule has 1 N–H and O–H groups in total. The van der Waals surface area contributed by atoms with E-state index >= 15 is 0 Å². The molecule has 0 fully saturated rings. The summed E-state index contributed by atoms with van der Waals surface area (Å²) in [6.45, 7) is 4.26. The predicted octanol–water partition coefficient (Wildman–Crippen LogP) is 3.69. The summed E-state index contributed by atoms with van der Waals surface area (Å²) in [4.78, 5) is 6.47. The zero-order chi connectivity index (χ0) is 13.1. The van der Waals surface area contributed by atoms with Crippen LogP contribution in [-0.4, -0.2) is 19.1 Å². The molecular weight excluding hydrogens is 242 g/mol. The number of hydrogen-bond donors (Lipinski definition) is 1. The number of aromatic nitrogens is 1. The summed E-state index contributed by atoms with van der Waals surface area (Å²) in [7, 11) is 4.13.